The lowest BCUT2D eigenvalue weighted by atomic mass is 10.00. The van der Waals surface area contributed by atoms with Crippen molar-refractivity contribution in [2.75, 3.05) is 12.1 Å². The number of amides is 1. The molecule has 1 amide bonds. The lowest BCUT2D eigenvalue weighted by Crippen LogP contribution is -2.21. The molecule has 0 saturated heterocycles. The molecule has 1 heterocycles. The van der Waals surface area contributed by atoms with Gasteiger partial charge >= 0.3 is 0 Å². The predicted molar refractivity (Wildman–Crippen MR) is 146 cm³/mol. The summed E-state index contributed by atoms with van der Waals surface area (Å²) in [6.45, 7) is 0.241. The molecule has 5 nitrogen and oxygen atoms in total. The van der Waals surface area contributed by atoms with Crippen molar-refractivity contribution in [3.63, 3.8) is 0 Å². The number of nitrogens with zero attached hydrogens (tertiary/aromatic N) is 2. The van der Waals surface area contributed by atoms with Crippen LogP contribution in [0.1, 0.15) is 16.7 Å². The molecule has 0 fully saturated rings. The smallest absolute Gasteiger partial charge is 0.281 e. The number of ether oxygens (including phenoxy) is 2. The van der Waals surface area contributed by atoms with Gasteiger partial charge in [-0.2, -0.15) is 10.1 Å². The van der Waals surface area contributed by atoms with E-state index in [1.807, 2.05) is 66.7 Å². The number of hydrazone groups is 1. The number of carbonyl (C=O) groups excluding carboxylic acids is 1. The Bertz CT molecular complexity index is 1490. The summed E-state index contributed by atoms with van der Waals surface area (Å²) in [5.74, 6) is 0.476. The molecular weight excluding hydrogens is 535 g/mol. The number of benzene rings is 4. The predicted octanol–water partition coefficient (Wildman–Crippen LogP) is 7.01. The van der Waals surface area contributed by atoms with E-state index in [0.29, 0.717) is 32.9 Å². The van der Waals surface area contributed by atoms with Crippen LogP contribution in [0.15, 0.2) is 112 Å². The summed E-state index contributed by atoms with van der Waals surface area (Å²) in [5, 5.41) is 6.09. The van der Waals surface area contributed by atoms with Gasteiger partial charge in [0.05, 0.1) is 22.8 Å². The van der Waals surface area contributed by atoms with Crippen molar-refractivity contribution in [3.8, 4) is 11.5 Å². The summed E-state index contributed by atoms with van der Waals surface area (Å²) in [6, 6.07) is 28.7. The lowest BCUT2D eigenvalue weighted by Gasteiger charge is -2.14. The van der Waals surface area contributed by atoms with E-state index < -0.39 is 0 Å². The minimum Gasteiger partial charge on any atom is -0.493 e. The molecule has 0 aromatic heterocycles. The van der Waals surface area contributed by atoms with Crippen LogP contribution in [0.4, 0.5) is 10.1 Å². The molecule has 184 valence electrons. The molecule has 0 unspecified atom stereocenters. The summed E-state index contributed by atoms with van der Waals surface area (Å²) in [6.07, 6.45) is 1.80. The first-order valence-electron chi connectivity index (χ1n) is 11.5. The molecule has 0 radical (unpaired) electrons. The van der Waals surface area contributed by atoms with Crippen molar-refractivity contribution in [1.82, 2.24) is 0 Å². The first kappa shape index (κ1) is 24.5. The fraction of sp³-hybridized carbons (Fsp3) is 0.0667. The number of hydrogen-bond acceptors (Lipinski definition) is 4. The summed E-state index contributed by atoms with van der Waals surface area (Å²) in [5.41, 5.74) is 4.13. The minimum atomic E-state index is -0.300. The summed E-state index contributed by atoms with van der Waals surface area (Å²) < 4.78 is 25.5. The molecule has 4 aromatic carbocycles. The SMILES string of the molecule is COc1cc(/C=C2\C(=O)N(c3ccccc3)N=C2c2ccccc2)cc(Br)c1OCc1ccc(F)cc1. The van der Waals surface area contributed by atoms with Crippen molar-refractivity contribution in [2.45, 2.75) is 6.61 Å². The quantitative estimate of drug-likeness (QED) is 0.230. The van der Waals surface area contributed by atoms with Gasteiger partial charge in [0.15, 0.2) is 11.5 Å². The summed E-state index contributed by atoms with van der Waals surface area (Å²) >= 11 is 3.58. The van der Waals surface area contributed by atoms with Crippen molar-refractivity contribution < 1.29 is 18.7 Å². The van der Waals surface area contributed by atoms with Crippen LogP contribution in [-0.4, -0.2) is 18.7 Å². The topological polar surface area (TPSA) is 51.1 Å². The molecule has 0 saturated carbocycles. The molecule has 0 spiro atoms. The lowest BCUT2D eigenvalue weighted by molar-refractivity contribution is -0.114. The van der Waals surface area contributed by atoms with E-state index in [1.165, 1.54) is 17.1 Å². The number of hydrogen-bond donors (Lipinski definition) is 0. The fourth-order valence-electron chi connectivity index (χ4n) is 3.96. The van der Waals surface area contributed by atoms with Gasteiger partial charge in [0, 0.05) is 5.56 Å². The monoisotopic (exact) mass is 556 g/mol. The molecule has 0 bridgehead atoms. The Morgan fingerprint density at radius 1 is 0.946 bits per heavy atom. The Morgan fingerprint density at radius 2 is 1.62 bits per heavy atom. The van der Waals surface area contributed by atoms with Crippen LogP contribution in [0.3, 0.4) is 0 Å². The van der Waals surface area contributed by atoms with Crippen LogP contribution < -0.4 is 14.5 Å². The number of carbonyl (C=O) groups is 1. The maximum Gasteiger partial charge on any atom is 0.281 e. The molecular formula is C30H22BrFN2O3. The van der Waals surface area contributed by atoms with Crippen molar-refractivity contribution in [3.05, 3.63) is 130 Å². The van der Waals surface area contributed by atoms with E-state index in [4.69, 9.17) is 9.47 Å². The van der Waals surface area contributed by atoms with Gasteiger partial charge in [-0.05, 0) is 69.5 Å². The largest absolute Gasteiger partial charge is 0.493 e. The van der Waals surface area contributed by atoms with E-state index in [9.17, 15) is 9.18 Å². The van der Waals surface area contributed by atoms with E-state index >= 15 is 0 Å². The molecule has 5 rings (SSSR count). The maximum absolute atomic E-state index is 13.5. The third-order valence-electron chi connectivity index (χ3n) is 5.79. The second kappa shape index (κ2) is 10.8. The number of anilines is 1. The van der Waals surface area contributed by atoms with E-state index in [0.717, 1.165) is 16.7 Å². The van der Waals surface area contributed by atoms with Crippen LogP contribution in [0.5, 0.6) is 11.5 Å². The Kier molecular flexibility index (Phi) is 7.14. The Morgan fingerprint density at radius 3 is 2.30 bits per heavy atom. The second-order valence-electron chi connectivity index (χ2n) is 8.27. The van der Waals surface area contributed by atoms with Crippen LogP contribution in [0.25, 0.3) is 6.08 Å². The first-order chi connectivity index (χ1) is 18.0. The number of halogens is 2. The van der Waals surface area contributed by atoms with Gasteiger partial charge in [0.1, 0.15) is 18.1 Å². The number of para-hydroxylation sites is 1. The highest BCUT2D eigenvalue weighted by Crippen LogP contribution is 2.38. The zero-order valence-electron chi connectivity index (χ0n) is 19.9. The molecule has 0 atom stereocenters. The Labute approximate surface area is 222 Å². The molecule has 4 aromatic rings. The Balaban J connectivity index is 1.50. The molecule has 7 heteroatoms. The van der Waals surface area contributed by atoms with Gasteiger partial charge in [-0.25, -0.2) is 4.39 Å². The van der Waals surface area contributed by atoms with E-state index in [2.05, 4.69) is 21.0 Å². The van der Waals surface area contributed by atoms with Gasteiger partial charge in [0.25, 0.3) is 5.91 Å². The van der Waals surface area contributed by atoms with Gasteiger partial charge in [-0.1, -0.05) is 60.7 Å². The Hall–Kier alpha value is -4.23. The van der Waals surface area contributed by atoms with E-state index in [-0.39, 0.29) is 18.3 Å². The fourth-order valence-corrected chi connectivity index (χ4v) is 4.54. The van der Waals surface area contributed by atoms with Gasteiger partial charge < -0.3 is 9.47 Å². The highest BCUT2D eigenvalue weighted by atomic mass is 79.9. The van der Waals surface area contributed by atoms with E-state index in [1.54, 1.807) is 31.4 Å². The average molecular weight is 557 g/mol. The highest BCUT2D eigenvalue weighted by molar-refractivity contribution is 9.10. The normalized spacial score (nSPS) is 14.1. The van der Waals surface area contributed by atoms with Crippen molar-refractivity contribution in [2.24, 2.45) is 5.10 Å². The summed E-state index contributed by atoms with van der Waals surface area (Å²) in [7, 11) is 1.55. The third-order valence-corrected chi connectivity index (χ3v) is 6.37. The van der Waals surface area contributed by atoms with Crippen molar-refractivity contribution in [1.29, 1.82) is 0 Å². The molecule has 37 heavy (non-hydrogen) atoms. The average Bonchev–Trinajstić information content (AvgIpc) is 3.25. The summed E-state index contributed by atoms with van der Waals surface area (Å²) in [4.78, 5) is 13.5. The zero-order valence-corrected chi connectivity index (χ0v) is 21.5. The standard InChI is InChI=1S/C30H22BrFN2O3/c1-36-27-18-21(17-26(31)29(27)37-19-20-12-14-23(32)15-13-20)16-25-28(22-8-4-2-5-9-22)33-34(30(25)35)24-10-6-3-7-11-24/h2-18H,19H2,1H3/b25-16-. The van der Waals surface area contributed by atoms with Gasteiger partial charge in [0.2, 0.25) is 0 Å². The molecule has 1 aliphatic rings. The van der Waals surface area contributed by atoms with Crippen LogP contribution in [-0.2, 0) is 11.4 Å². The maximum atomic E-state index is 13.5. The first-order valence-corrected chi connectivity index (χ1v) is 12.3. The third kappa shape index (κ3) is 5.32. The van der Waals surface area contributed by atoms with Gasteiger partial charge in [-0.15, -0.1) is 0 Å². The molecule has 0 aliphatic carbocycles. The minimum absolute atomic E-state index is 0.225. The van der Waals surface area contributed by atoms with Crippen LogP contribution in [0, 0.1) is 5.82 Å². The molecule has 0 N–H and O–H groups in total. The van der Waals surface area contributed by atoms with Gasteiger partial charge in [-0.3, -0.25) is 4.79 Å². The zero-order chi connectivity index (χ0) is 25.8. The van der Waals surface area contributed by atoms with Crippen molar-refractivity contribution >= 4 is 39.3 Å². The number of methoxy groups -OCH3 is 1. The second-order valence-corrected chi connectivity index (χ2v) is 9.13. The highest BCUT2D eigenvalue weighted by Gasteiger charge is 2.32. The number of rotatable bonds is 7. The van der Waals surface area contributed by atoms with Crippen LogP contribution in [0.2, 0.25) is 0 Å². The molecule has 1 aliphatic heterocycles. The van der Waals surface area contributed by atoms with Crippen LogP contribution >= 0.6 is 15.9 Å².